The summed E-state index contributed by atoms with van der Waals surface area (Å²) < 4.78 is 0. The summed E-state index contributed by atoms with van der Waals surface area (Å²) >= 11 is 0. The zero-order chi connectivity index (χ0) is 39.6. The molecule has 0 saturated heterocycles. The molecule has 286 valence electrons. The van der Waals surface area contributed by atoms with Crippen LogP contribution in [0.15, 0.2) is 209 Å². The second kappa shape index (κ2) is 15.8. The Balaban J connectivity index is 1.08. The normalized spacial score (nSPS) is 16.0. The van der Waals surface area contributed by atoms with E-state index in [-0.39, 0.29) is 0 Å². The number of fused-ring (bicyclic) bond motifs is 5. The van der Waals surface area contributed by atoms with E-state index in [1.807, 2.05) is 0 Å². The zero-order valence-corrected chi connectivity index (χ0v) is 33.3. The van der Waals surface area contributed by atoms with Crippen molar-refractivity contribution in [3.8, 4) is 33.4 Å². The highest BCUT2D eigenvalue weighted by atomic mass is 15.0. The van der Waals surface area contributed by atoms with Gasteiger partial charge in [-0.1, -0.05) is 170 Å². The highest BCUT2D eigenvalue weighted by molar-refractivity contribution is 6.11. The Hall–Kier alpha value is -6.84. The van der Waals surface area contributed by atoms with Crippen molar-refractivity contribution in [3.63, 3.8) is 0 Å². The maximum absolute atomic E-state index is 6.69. The highest BCUT2D eigenvalue weighted by Crippen LogP contribution is 2.58. The first-order valence-corrected chi connectivity index (χ1v) is 21.1. The highest BCUT2D eigenvalue weighted by Gasteiger charge is 2.46. The average molecular weight is 762 g/mol. The van der Waals surface area contributed by atoms with Gasteiger partial charge in [0.2, 0.25) is 0 Å². The van der Waals surface area contributed by atoms with E-state index in [0.29, 0.717) is 18.2 Å². The molecule has 0 saturated carbocycles. The van der Waals surface area contributed by atoms with Crippen LogP contribution in [0.2, 0.25) is 0 Å². The number of nitrogens with two attached hydrogens (primary N) is 1. The van der Waals surface area contributed by atoms with Crippen LogP contribution in [0.5, 0.6) is 0 Å². The molecular weight excluding hydrogens is 715 g/mol. The molecule has 0 bridgehead atoms. The molecule has 0 spiro atoms. The van der Waals surface area contributed by atoms with E-state index in [4.69, 9.17) is 15.7 Å². The minimum Gasteiger partial charge on any atom is -0.383 e. The molecule has 0 amide bonds. The van der Waals surface area contributed by atoms with Crippen LogP contribution in [0, 0.1) is 0 Å². The Morgan fingerprint density at radius 1 is 0.593 bits per heavy atom. The molecular formula is C56H47N3. The summed E-state index contributed by atoms with van der Waals surface area (Å²) in [5.74, 6) is 1.27. The van der Waals surface area contributed by atoms with Gasteiger partial charge in [0, 0.05) is 5.56 Å². The lowest BCUT2D eigenvalue weighted by molar-refractivity contribution is 0.716. The van der Waals surface area contributed by atoms with Gasteiger partial charge in [0.15, 0.2) is 5.84 Å². The van der Waals surface area contributed by atoms with Crippen molar-refractivity contribution in [2.75, 3.05) is 6.54 Å². The van der Waals surface area contributed by atoms with Gasteiger partial charge in [-0.05, 0) is 134 Å². The predicted octanol–water partition coefficient (Wildman–Crippen LogP) is 13.4. The second-order valence-corrected chi connectivity index (χ2v) is 16.0. The molecule has 0 heterocycles. The summed E-state index contributed by atoms with van der Waals surface area (Å²) in [4.78, 5) is 10.1. The van der Waals surface area contributed by atoms with Crippen LogP contribution in [-0.2, 0) is 5.41 Å². The molecule has 3 aliphatic rings. The Labute approximate surface area is 347 Å². The first-order chi connectivity index (χ1) is 29.2. The van der Waals surface area contributed by atoms with Gasteiger partial charge in [-0.15, -0.1) is 0 Å². The average Bonchev–Trinajstić information content (AvgIpc) is 3.62. The van der Waals surface area contributed by atoms with Crippen molar-refractivity contribution < 1.29 is 0 Å². The smallest absolute Gasteiger partial charge is 0.157 e. The summed E-state index contributed by atoms with van der Waals surface area (Å²) in [5.41, 5.74) is 22.0. The molecule has 7 aromatic carbocycles. The molecule has 0 atom stereocenters. The number of amidine groups is 2. The number of rotatable bonds is 8. The van der Waals surface area contributed by atoms with Crippen molar-refractivity contribution in [1.29, 1.82) is 0 Å². The van der Waals surface area contributed by atoms with Gasteiger partial charge < -0.3 is 5.73 Å². The van der Waals surface area contributed by atoms with Gasteiger partial charge >= 0.3 is 0 Å². The Bertz CT molecular complexity index is 2820. The first-order valence-electron chi connectivity index (χ1n) is 21.1. The molecule has 3 nitrogen and oxygen atoms in total. The fourth-order valence-corrected chi connectivity index (χ4v) is 9.56. The number of nitrogens with zero attached hydrogens (tertiary/aromatic N) is 2. The monoisotopic (exact) mass is 761 g/mol. The van der Waals surface area contributed by atoms with Gasteiger partial charge in [0.25, 0.3) is 0 Å². The standard InChI is InChI=1S/C56H47N3/c57-54(41-20-7-2-8-21-41)59-55(58-38-39-17-5-1-6-18-39)46-25-16-24-44(36-46)42-22-15-23-43(35-42)45-31-33-50-52(37-45)56(47-26-9-3-10-27-47,48-28-11-4-12-29-48)51-34-32-40-19-13-14-30-49(40)53(50)51/h1,3-5,9-17,19-20,22-37H,2,6-8,18,21,38H2,(H2,57,58,59). The van der Waals surface area contributed by atoms with Gasteiger partial charge in [0.1, 0.15) is 5.84 Å². The quantitative estimate of drug-likeness (QED) is 0.122. The van der Waals surface area contributed by atoms with Crippen molar-refractivity contribution in [2.45, 2.75) is 43.9 Å². The van der Waals surface area contributed by atoms with Crippen molar-refractivity contribution in [3.05, 3.63) is 227 Å². The van der Waals surface area contributed by atoms with Crippen LogP contribution in [0.4, 0.5) is 0 Å². The molecule has 0 unspecified atom stereocenters. The van der Waals surface area contributed by atoms with Gasteiger partial charge in [-0.2, -0.15) is 0 Å². The van der Waals surface area contributed by atoms with Crippen LogP contribution in [0.3, 0.4) is 0 Å². The maximum Gasteiger partial charge on any atom is 0.157 e. The van der Waals surface area contributed by atoms with Gasteiger partial charge in [-0.25, -0.2) is 4.99 Å². The minimum atomic E-state index is -0.491. The predicted molar refractivity (Wildman–Crippen MR) is 248 cm³/mol. The maximum atomic E-state index is 6.69. The molecule has 10 rings (SSSR count). The fourth-order valence-electron chi connectivity index (χ4n) is 9.56. The van der Waals surface area contributed by atoms with Crippen molar-refractivity contribution in [1.82, 2.24) is 0 Å². The van der Waals surface area contributed by atoms with E-state index in [0.717, 1.165) is 54.4 Å². The lowest BCUT2D eigenvalue weighted by Crippen LogP contribution is -2.28. The topological polar surface area (TPSA) is 50.7 Å². The van der Waals surface area contributed by atoms with E-state index >= 15 is 0 Å². The largest absolute Gasteiger partial charge is 0.383 e. The molecule has 2 N–H and O–H groups in total. The lowest BCUT2D eigenvalue weighted by Gasteiger charge is -2.34. The molecule has 3 heteroatoms. The summed E-state index contributed by atoms with van der Waals surface area (Å²) in [5, 5.41) is 2.54. The van der Waals surface area contributed by atoms with Gasteiger partial charge in [-0.3, -0.25) is 4.99 Å². The zero-order valence-electron chi connectivity index (χ0n) is 33.3. The van der Waals surface area contributed by atoms with Crippen LogP contribution in [-0.4, -0.2) is 18.2 Å². The number of hydrogen-bond donors (Lipinski definition) is 1. The second-order valence-electron chi connectivity index (χ2n) is 16.0. The lowest BCUT2D eigenvalue weighted by atomic mass is 9.67. The third-order valence-electron chi connectivity index (χ3n) is 12.5. The van der Waals surface area contributed by atoms with E-state index < -0.39 is 5.41 Å². The van der Waals surface area contributed by atoms with Crippen molar-refractivity contribution >= 4 is 22.4 Å². The Morgan fingerprint density at radius 3 is 2.03 bits per heavy atom. The summed E-state index contributed by atoms with van der Waals surface area (Å²) in [6.07, 6.45) is 15.2. The van der Waals surface area contributed by atoms with E-state index in [9.17, 15) is 0 Å². The third-order valence-corrected chi connectivity index (χ3v) is 12.5. The molecule has 0 aromatic heterocycles. The SMILES string of the molecule is N/C(=N\C(=N/CC1=CC=CCC1)c1cccc(-c2cccc(-c3ccc4c(c3)C(c3ccccc3)(c3ccccc3)c3ccc5ccccc5c3-4)c2)c1)C1=CCCCC1. The molecule has 59 heavy (non-hydrogen) atoms. The van der Waals surface area contributed by atoms with Crippen LogP contribution < -0.4 is 5.73 Å². The van der Waals surface area contributed by atoms with Crippen molar-refractivity contribution in [2.24, 2.45) is 15.7 Å². The number of benzene rings is 7. The van der Waals surface area contributed by atoms with Crippen LogP contribution >= 0.6 is 0 Å². The molecule has 0 aliphatic heterocycles. The third kappa shape index (κ3) is 6.77. The summed E-state index contributed by atoms with van der Waals surface area (Å²) in [6.45, 7) is 0.612. The number of aliphatic imine (C=N–C) groups is 2. The molecule has 7 aromatic rings. The van der Waals surface area contributed by atoms with Gasteiger partial charge in [0.05, 0.1) is 12.0 Å². The fraction of sp³-hybridized carbons (Fsp3) is 0.143. The summed E-state index contributed by atoms with van der Waals surface area (Å²) in [6, 6.07) is 60.3. The molecule has 0 radical (unpaired) electrons. The van der Waals surface area contributed by atoms with E-state index in [1.165, 1.54) is 67.3 Å². The Kier molecular flexibility index (Phi) is 9.80. The Morgan fingerprint density at radius 2 is 1.31 bits per heavy atom. The summed E-state index contributed by atoms with van der Waals surface area (Å²) in [7, 11) is 0. The van der Waals surface area contributed by atoms with Crippen LogP contribution in [0.1, 0.15) is 66.3 Å². The first kappa shape index (κ1) is 36.5. The molecule has 3 aliphatic carbocycles. The number of hydrogen-bond acceptors (Lipinski definition) is 1. The minimum absolute atomic E-state index is 0.491. The number of allylic oxidation sites excluding steroid dienone is 4. The molecule has 0 fully saturated rings. The van der Waals surface area contributed by atoms with Crippen LogP contribution in [0.25, 0.3) is 44.2 Å². The van der Waals surface area contributed by atoms with E-state index in [2.05, 4.69) is 188 Å². The van der Waals surface area contributed by atoms with E-state index in [1.54, 1.807) is 0 Å².